The number of benzene rings is 22. The van der Waals surface area contributed by atoms with E-state index in [4.69, 9.17) is 13.3 Å². The van der Waals surface area contributed by atoms with E-state index in [1.165, 1.54) is 170 Å². The Hall–Kier alpha value is -16.2. The molecule has 3 nitrogen and oxygen atoms in total. The zero-order valence-corrected chi connectivity index (χ0v) is 67.9. The smallest absolute Gasteiger partial charge is 0.143 e. The van der Waals surface area contributed by atoms with Gasteiger partial charge in [0.25, 0.3) is 0 Å². The molecule has 0 spiro atoms. The Morgan fingerprint density at radius 3 is 1.07 bits per heavy atom. The van der Waals surface area contributed by atoms with Crippen molar-refractivity contribution in [2.45, 2.75) is 10.8 Å². The minimum absolute atomic E-state index is 0.596. The first-order valence-electron chi connectivity index (χ1n) is 43.3. The van der Waals surface area contributed by atoms with Crippen LogP contribution in [0.15, 0.2) is 462 Å². The second kappa shape index (κ2) is 27.7. The van der Waals surface area contributed by atoms with Gasteiger partial charge >= 0.3 is 0 Å². The second-order valence-corrected chi connectivity index (χ2v) is 33.6. The fourth-order valence-corrected chi connectivity index (χ4v) is 22.4. The monoisotopic (exact) mass is 1590 g/mol. The van der Waals surface area contributed by atoms with Crippen molar-refractivity contribution < 1.29 is 13.3 Å². The Kier molecular flexibility index (Phi) is 15.6. The topological polar surface area (TPSA) is 39.4 Å². The SMILES string of the molecule is c1ccc(-c2ccc3c(c2)C(c2ccccc2)(c2ccccc2)c2c(-c4c5ccccc5c(-c5cccc6ccccc56)c5ccccc45)cc4c(oc5ccccc54)c2-3)cc1.c1ccc(C2(c3ccccc3)c3ccc4c(oc5ccc(-c6c7ccccc7c(-c7cccc8ccccc78)c7ccccc67)cc54)c3-c3c2ccc2oc4ccccc4c32)cc1. The van der Waals surface area contributed by atoms with Gasteiger partial charge in [0.05, 0.1) is 10.8 Å². The van der Waals surface area contributed by atoms with E-state index in [0.29, 0.717) is 0 Å². The molecule has 125 heavy (non-hydrogen) atoms. The van der Waals surface area contributed by atoms with E-state index in [2.05, 4.69) is 449 Å². The summed E-state index contributed by atoms with van der Waals surface area (Å²) in [4.78, 5) is 0. The molecule has 0 atom stereocenters. The highest BCUT2D eigenvalue weighted by atomic mass is 16.3. The van der Waals surface area contributed by atoms with Gasteiger partial charge in [0.15, 0.2) is 0 Å². The number of furan rings is 3. The molecular weight excluding hydrogens is 1510 g/mol. The predicted octanol–water partition coefficient (Wildman–Crippen LogP) is 33.1. The minimum Gasteiger partial charge on any atom is -0.456 e. The molecule has 3 heteroatoms. The third-order valence-electron chi connectivity index (χ3n) is 27.5. The minimum atomic E-state index is -0.711. The number of para-hydroxylation sites is 2. The third-order valence-corrected chi connectivity index (χ3v) is 27.5. The number of hydrogen-bond acceptors (Lipinski definition) is 3. The summed E-state index contributed by atoms with van der Waals surface area (Å²) in [7, 11) is 0. The lowest BCUT2D eigenvalue weighted by Crippen LogP contribution is -2.29. The molecule has 27 rings (SSSR count). The summed E-state index contributed by atoms with van der Waals surface area (Å²) in [5.74, 6) is 0. The number of rotatable bonds is 9. The van der Waals surface area contributed by atoms with E-state index in [1.54, 1.807) is 0 Å². The summed E-state index contributed by atoms with van der Waals surface area (Å²) in [6.45, 7) is 0. The van der Waals surface area contributed by atoms with Crippen molar-refractivity contribution in [3.63, 3.8) is 0 Å². The molecular formula is C122H74O3. The molecule has 3 heterocycles. The van der Waals surface area contributed by atoms with Gasteiger partial charge in [-0.1, -0.05) is 406 Å². The van der Waals surface area contributed by atoms with Crippen LogP contribution in [0.1, 0.15) is 44.5 Å². The van der Waals surface area contributed by atoms with Gasteiger partial charge in [-0.3, -0.25) is 0 Å². The van der Waals surface area contributed by atoms with Gasteiger partial charge in [-0.15, -0.1) is 0 Å². The first kappa shape index (κ1) is 70.6. The van der Waals surface area contributed by atoms with Crippen molar-refractivity contribution in [1.29, 1.82) is 0 Å². The van der Waals surface area contributed by atoms with Crippen LogP contribution in [0.5, 0.6) is 0 Å². The van der Waals surface area contributed by atoms with E-state index >= 15 is 0 Å². The Labute approximate surface area is 720 Å². The lowest BCUT2D eigenvalue weighted by atomic mass is 9.65. The molecule has 0 bridgehead atoms. The van der Waals surface area contributed by atoms with E-state index in [1.807, 2.05) is 0 Å². The molecule has 0 radical (unpaired) electrons. The maximum absolute atomic E-state index is 7.21. The Morgan fingerprint density at radius 1 is 0.160 bits per heavy atom. The molecule has 2 aliphatic rings. The van der Waals surface area contributed by atoms with E-state index < -0.39 is 10.8 Å². The molecule has 3 aromatic heterocycles. The average Bonchev–Trinajstić information content (AvgIpc) is 1.52. The highest BCUT2D eigenvalue weighted by Gasteiger charge is 2.51. The lowest BCUT2D eigenvalue weighted by molar-refractivity contribution is 0.668. The number of fused-ring (bicyclic) bond motifs is 24. The Balaban J connectivity index is 0.000000133. The van der Waals surface area contributed by atoms with Crippen molar-refractivity contribution >= 4 is 130 Å². The Morgan fingerprint density at radius 2 is 0.544 bits per heavy atom. The molecule has 2 aliphatic carbocycles. The summed E-state index contributed by atoms with van der Waals surface area (Å²) in [6, 6.07) is 165. The molecule has 580 valence electrons. The van der Waals surface area contributed by atoms with Gasteiger partial charge in [-0.05, 0) is 213 Å². The van der Waals surface area contributed by atoms with Crippen molar-refractivity contribution in [2.24, 2.45) is 0 Å². The largest absolute Gasteiger partial charge is 0.456 e. The first-order chi connectivity index (χ1) is 62.1. The second-order valence-electron chi connectivity index (χ2n) is 33.6. The molecule has 0 saturated heterocycles. The highest BCUT2D eigenvalue weighted by molar-refractivity contribution is 6.29. The van der Waals surface area contributed by atoms with Crippen LogP contribution in [0, 0.1) is 0 Å². The van der Waals surface area contributed by atoms with Crippen LogP contribution < -0.4 is 0 Å². The summed E-state index contributed by atoms with van der Waals surface area (Å²) in [5.41, 5.74) is 30.7. The summed E-state index contributed by atoms with van der Waals surface area (Å²) in [5, 5.41) is 21.5. The van der Waals surface area contributed by atoms with Crippen LogP contribution in [-0.4, -0.2) is 0 Å². The Bertz CT molecular complexity index is 8570. The van der Waals surface area contributed by atoms with Crippen LogP contribution in [0.2, 0.25) is 0 Å². The van der Waals surface area contributed by atoms with Crippen molar-refractivity contribution in [1.82, 2.24) is 0 Å². The molecule has 22 aromatic carbocycles. The lowest BCUT2D eigenvalue weighted by Gasteiger charge is -2.36. The van der Waals surface area contributed by atoms with Gasteiger partial charge in [-0.2, -0.15) is 0 Å². The molecule has 0 unspecified atom stereocenters. The zero-order chi connectivity index (χ0) is 82.0. The van der Waals surface area contributed by atoms with Crippen LogP contribution in [-0.2, 0) is 10.8 Å². The summed E-state index contributed by atoms with van der Waals surface area (Å²) >= 11 is 0. The molecule has 25 aromatic rings. The number of hydrogen-bond donors (Lipinski definition) is 0. The van der Waals surface area contributed by atoms with E-state index in [0.717, 1.165) is 82.5 Å². The quantitative estimate of drug-likeness (QED) is 0.135. The van der Waals surface area contributed by atoms with Crippen molar-refractivity contribution in [3.8, 4) is 77.9 Å². The van der Waals surface area contributed by atoms with Crippen LogP contribution in [0.3, 0.4) is 0 Å². The van der Waals surface area contributed by atoms with Gasteiger partial charge < -0.3 is 13.3 Å². The maximum Gasteiger partial charge on any atom is 0.143 e. The fourth-order valence-electron chi connectivity index (χ4n) is 22.4. The summed E-state index contributed by atoms with van der Waals surface area (Å²) in [6.07, 6.45) is 0. The van der Waals surface area contributed by atoms with E-state index in [-0.39, 0.29) is 0 Å². The third kappa shape index (κ3) is 10.2. The normalized spacial score (nSPS) is 13.1. The highest BCUT2D eigenvalue weighted by Crippen LogP contribution is 2.65. The van der Waals surface area contributed by atoms with Crippen LogP contribution in [0.4, 0.5) is 0 Å². The molecule has 0 aliphatic heterocycles. The van der Waals surface area contributed by atoms with E-state index in [9.17, 15) is 0 Å². The predicted molar refractivity (Wildman–Crippen MR) is 522 cm³/mol. The molecule has 0 amide bonds. The van der Waals surface area contributed by atoms with Gasteiger partial charge in [0.2, 0.25) is 0 Å². The fraction of sp³-hybridized carbons (Fsp3) is 0.0164. The zero-order valence-electron chi connectivity index (χ0n) is 67.9. The van der Waals surface area contributed by atoms with Crippen LogP contribution in [0.25, 0.3) is 208 Å². The van der Waals surface area contributed by atoms with Gasteiger partial charge in [0, 0.05) is 49.0 Å². The molecule has 0 fully saturated rings. The average molecular weight is 1590 g/mol. The molecule has 0 N–H and O–H groups in total. The van der Waals surface area contributed by atoms with Gasteiger partial charge in [0.1, 0.15) is 33.5 Å². The van der Waals surface area contributed by atoms with Crippen molar-refractivity contribution in [2.75, 3.05) is 0 Å². The van der Waals surface area contributed by atoms with Crippen LogP contribution >= 0.6 is 0 Å². The summed E-state index contributed by atoms with van der Waals surface area (Å²) < 4.78 is 20.9. The maximum atomic E-state index is 7.21. The standard InChI is InChI=1S/C61H36O2.C61H38O/c1-3-18-39(19-4-1)61(40-20-5-2-6-21-40)50-33-35-54-57(48-27-13-14-29-52(48)62-54)58(50)59-51(61)32-31-47-49-36-38(30-34-53(49)63-60(47)59)55-43-23-9-11-25-45(43)56(46-26-12-10-24-44(46)55)42-28-15-17-37-16-7-8-22-41(37)42;1-4-19-39(20-5-1)41-35-36-51-54(37-41)61(42-23-6-2-7-24-42,43-25-8-3-9-26-43)59-53(38-52-45-28-16-17-34-55(45)62-60(52)58(51)59)57-49-31-14-12-29-47(49)56(48-30-13-15-32-50(48)57)46-33-18-22-40-21-10-11-27-44(40)46/h1-36H;1-38H. The van der Waals surface area contributed by atoms with Crippen molar-refractivity contribution in [3.05, 3.63) is 493 Å². The van der Waals surface area contributed by atoms with Gasteiger partial charge in [-0.25, -0.2) is 0 Å². The molecule has 0 saturated carbocycles. The first-order valence-corrected chi connectivity index (χ1v) is 43.3.